The molecule has 5 aromatic rings. The van der Waals surface area contributed by atoms with Crippen molar-refractivity contribution in [1.82, 2.24) is 29.3 Å². The standard InChI is InChI=1S/C32H32N8O2/c1-20-15-26(33-17-21-8-12-23(42-2)13-9-21)24(16-28(20)39-18-27(34-19-39)22-10-11-22)32(41)36-29-6-3-5-25(35-29)31-38-37-30-7-4-14-40(30)31/h3,5-6,8-9,12-13,15-16,18-19,22,33H,4,7,10-11,14,17H2,1-2H3,(H,35,36,41). The smallest absolute Gasteiger partial charge is 0.258 e. The van der Waals surface area contributed by atoms with Crippen molar-refractivity contribution < 1.29 is 9.53 Å². The summed E-state index contributed by atoms with van der Waals surface area (Å²) in [6.07, 6.45) is 8.25. The number of nitrogens with zero attached hydrogens (tertiary/aromatic N) is 6. The fourth-order valence-corrected chi connectivity index (χ4v) is 5.46. The maximum Gasteiger partial charge on any atom is 0.258 e. The maximum atomic E-state index is 13.9. The molecule has 2 aromatic carbocycles. The highest BCUT2D eigenvalue weighted by molar-refractivity contribution is 6.08. The van der Waals surface area contributed by atoms with Crippen LogP contribution in [0.2, 0.25) is 0 Å². The molecule has 1 amide bonds. The highest BCUT2D eigenvalue weighted by Gasteiger charge is 2.26. The van der Waals surface area contributed by atoms with Gasteiger partial charge in [-0.05, 0) is 73.7 Å². The van der Waals surface area contributed by atoms with Crippen LogP contribution in [-0.2, 0) is 19.5 Å². The number of carbonyl (C=O) groups is 1. The van der Waals surface area contributed by atoms with Gasteiger partial charge in [0.1, 0.15) is 23.1 Å². The molecule has 0 spiro atoms. The number of hydrogen-bond donors (Lipinski definition) is 2. The molecule has 2 aliphatic rings. The molecule has 0 radical (unpaired) electrons. The lowest BCUT2D eigenvalue weighted by molar-refractivity contribution is 0.102. The predicted molar refractivity (Wildman–Crippen MR) is 160 cm³/mol. The summed E-state index contributed by atoms with van der Waals surface area (Å²) in [5, 5.41) is 15.2. The number of anilines is 2. The van der Waals surface area contributed by atoms with Crippen LogP contribution >= 0.6 is 0 Å². The molecule has 42 heavy (non-hydrogen) atoms. The van der Waals surface area contributed by atoms with E-state index in [9.17, 15) is 4.79 Å². The molecule has 7 rings (SSSR count). The molecule has 10 heteroatoms. The average molecular weight is 561 g/mol. The molecule has 212 valence electrons. The lowest BCUT2D eigenvalue weighted by atomic mass is 10.1. The fraction of sp³-hybridized carbons (Fsp3) is 0.281. The topological polar surface area (TPSA) is 112 Å². The van der Waals surface area contributed by atoms with Gasteiger partial charge in [-0.3, -0.25) is 4.79 Å². The molecule has 0 atom stereocenters. The van der Waals surface area contributed by atoms with Crippen LogP contribution in [0.3, 0.4) is 0 Å². The Morgan fingerprint density at radius 1 is 1.10 bits per heavy atom. The first-order chi connectivity index (χ1) is 20.6. The van der Waals surface area contributed by atoms with E-state index < -0.39 is 0 Å². The summed E-state index contributed by atoms with van der Waals surface area (Å²) in [5.41, 5.74) is 6.05. The zero-order valence-corrected chi connectivity index (χ0v) is 23.7. The van der Waals surface area contributed by atoms with Gasteiger partial charge in [0.25, 0.3) is 5.91 Å². The number of aryl methyl sites for hydroxylation is 2. The second kappa shape index (κ2) is 10.8. The van der Waals surface area contributed by atoms with Crippen LogP contribution in [0.5, 0.6) is 5.75 Å². The number of aromatic nitrogens is 6. The molecular weight excluding hydrogens is 528 g/mol. The third-order valence-corrected chi connectivity index (χ3v) is 7.93. The summed E-state index contributed by atoms with van der Waals surface area (Å²) in [6.45, 7) is 3.47. The second-order valence-corrected chi connectivity index (χ2v) is 10.9. The lowest BCUT2D eigenvalue weighted by Crippen LogP contribution is -2.17. The number of methoxy groups -OCH3 is 1. The van der Waals surface area contributed by atoms with Gasteiger partial charge in [0.15, 0.2) is 5.82 Å². The fourth-order valence-electron chi connectivity index (χ4n) is 5.46. The van der Waals surface area contributed by atoms with E-state index in [1.165, 1.54) is 12.8 Å². The van der Waals surface area contributed by atoms with Crippen molar-refractivity contribution >= 4 is 17.4 Å². The van der Waals surface area contributed by atoms with Crippen molar-refractivity contribution in [2.24, 2.45) is 0 Å². The molecule has 1 saturated carbocycles. The largest absolute Gasteiger partial charge is 0.497 e. The Balaban J connectivity index is 1.19. The molecule has 2 N–H and O–H groups in total. The number of nitrogens with one attached hydrogen (secondary N) is 2. The van der Waals surface area contributed by atoms with E-state index in [1.807, 2.05) is 59.4 Å². The quantitative estimate of drug-likeness (QED) is 0.244. The average Bonchev–Trinajstić information content (AvgIpc) is 3.37. The zero-order chi connectivity index (χ0) is 28.6. The van der Waals surface area contributed by atoms with E-state index in [2.05, 4.69) is 43.5 Å². The van der Waals surface area contributed by atoms with Crippen LogP contribution in [0.1, 0.15) is 58.2 Å². The monoisotopic (exact) mass is 560 g/mol. The number of pyridine rings is 1. The van der Waals surface area contributed by atoms with Crippen molar-refractivity contribution in [2.75, 3.05) is 17.7 Å². The van der Waals surface area contributed by atoms with Crippen LogP contribution in [0.4, 0.5) is 11.5 Å². The van der Waals surface area contributed by atoms with Crippen LogP contribution in [0, 0.1) is 6.92 Å². The van der Waals surface area contributed by atoms with Crippen molar-refractivity contribution in [2.45, 2.75) is 51.6 Å². The van der Waals surface area contributed by atoms with Crippen LogP contribution < -0.4 is 15.4 Å². The summed E-state index contributed by atoms with van der Waals surface area (Å²) < 4.78 is 9.40. The Labute approximate surface area is 243 Å². The van der Waals surface area contributed by atoms with E-state index in [4.69, 9.17) is 9.72 Å². The normalized spacial score (nSPS) is 14.0. The molecule has 4 heterocycles. The van der Waals surface area contributed by atoms with Crippen molar-refractivity contribution in [3.8, 4) is 23.0 Å². The minimum atomic E-state index is -0.257. The van der Waals surface area contributed by atoms with E-state index >= 15 is 0 Å². The number of imidazole rings is 1. The van der Waals surface area contributed by atoms with E-state index in [0.717, 1.165) is 65.0 Å². The van der Waals surface area contributed by atoms with Crippen LogP contribution in [0.15, 0.2) is 67.1 Å². The van der Waals surface area contributed by atoms with Crippen molar-refractivity contribution in [3.63, 3.8) is 0 Å². The molecule has 1 aliphatic heterocycles. The third-order valence-electron chi connectivity index (χ3n) is 7.93. The lowest BCUT2D eigenvalue weighted by Gasteiger charge is -2.17. The molecular formula is C32H32N8O2. The van der Waals surface area contributed by atoms with E-state index in [-0.39, 0.29) is 5.91 Å². The van der Waals surface area contributed by atoms with Crippen LogP contribution in [-0.4, -0.2) is 42.3 Å². The van der Waals surface area contributed by atoms with Crippen molar-refractivity contribution in [3.05, 3.63) is 95.3 Å². The molecule has 0 bridgehead atoms. The Kier molecular flexibility index (Phi) is 6.65. The summed E-state index contributed by atoms with van der Waals surface area (Å²) >= 11 is 0. The molecule has 10 nitrogen and oxygen atoms in total. The Bertz CT molecular complexity index is 1770. The second-order valence-electron chi connectivity index (χ2n) is 10.9. The molecule has 3 aromatic heterocycles. The van der Waals surface area contributed by atoms with Gasteiger partial charge in [-0.15, -0.1) is 10.2 Å². The first kappa shape index (κ1) is 25.9. The Morgan fingerprint density at radius 3 is 2.76 bits per heavy atom. The highest BCUT2D eigenvalue weighted by atomic mass is 16.5. The van der Waals surface area contributed by atoms with Crippen molar-refractivity contribution in [1.29, 1.82) is 0 Å². The summed E-state index contributed by atoms with van der Waals surface area (Å²) in [4.78, 5) is 23.2. The van der Waals surface area contributed by atoms with E-state index in [1.54, 1.807) is 13.2 Å². The molecule has 0 saturated heterocycles. The van der Waals surface area contributed by atoms with E-state index in [0.29, 0.717) is 29.5 Å². The number of ether oxygens (including phenoxy) is 1. The van der Waals surface area contributed by atoms with Gasteiger partial charge in [-0.2, -0.15) is 0 Å². The van der Waals surface area contributed by atoms with Gasteiger partial charge in [0.05, 0.1) is 30.4 Å². The molecule has 1 aliphatic carbocycles. The van der Waals surface area contributed by atoms with Gasteiger partial charge in [-0.1, -0.05) is 18.2 Å². The predicted octanol–water partition coefficient (Wildman–Crippen LogP) is 5.53. The van der Waals surface area contributed by atoms with Gasteiger partial charge in [0.2, 0.25) is 0 Å². The highest BCUT2D eigenvalue weighted by Crippen LogP contribution is 2.39. The molecule has 1 fully saturated rings. The van der Waals surface area contributed by atoms with Gasteiger partial charge in [0, 0.05) is 37.3 Å². The first-order valence-electron chi connectivity index (χ1n) is 14.3. The Morgan fingerprint density at radius 2 is 1.95 bits per heavy atom. The number of hydrogen-bond acceptors (Lipinski definition) is 7. The summed E-state index contributed by atoms with van der Waals surface area (Å²) in [7, 11) is 1.65. The van der Waals surface area contributed by atoms with Gasteiger partial charge < -0.3 is 24.5 Å². The number of rotatable bonds is 9. The number of carbonyl (C=O) groups excluding carboxylic acids is 1. The number of benzene rings is 2. The minimum Gasteiger partial charge on any atom is -0.497 e. The van der Waals surface area contributed by atoms with Crippen LogP contribution in [0.25, 0.3) is 17.2 Å². The summed E-state index contributed by atoms with van der Waals surface area (Å²) in [5.74, 6) is 3.25. The first-order valence-corrected chi connectivity index (χ1v) is 14.3. The zero-order valence-electron chi connectivity index (χ0n) is 23.7. The van der Waals surface area contributed by atoms with Gasteiger partial charge in [-0.25, -0.2) is 9.97 Å². The summed E-state index contributed by atoms with van der Waals surface area (Å²) in [6, 6.07) is 17.4. The SMILES string of the molecule is COc1ccc(CNc2cc(C)c(-n3cnc(C4CC4)c3)cc2C(=O)Nc2cccc(-c3nnc4n3CCC4)n2)cc1. The number of amides is 1. The minimum absolute atomic E-state index is 0.257. The Hall–Kier alpha value is -4.99. The maximum absolute atomic E-state index is 13.9. The van der Waals surface area contributed by atoms with Gasteiger partial charge >= 0.3 is 0 Å². The molecule has 0 unspecified atom stereocenters. The number of fused-ring (bicyclic) bond motifs is 1. The third kappa shape index (κ3) is 5.11.